The quantitative estimate of drug-likeness (QED) is 0.149. The lowest BCUT2D eigenvalue weighted by atomic mass is 10.5. The Bertz CT molecular complexity index is 160. The van der Waals surface area contributed by atoms with Crippen LogP contribution in [0.2, 0.25) is 0 Å². The number of quaternary nitrogens is 1. The molecule has 0 aromatic rings. The molecule has 0 heterocycles. The van der Waals surface area contributed by atoms with Gasteiger partial charge in [-0.2, -0.15) is 4.84 Å². The monoisotopic (exact) mass is 174 g/mol. The van der Waals surface area contributed by atoms with E-state index >= 15 is 0 Å². The molecule has 0 aliphatic heterocycles. The molecule has 0 amide bonds. The van der Waals surface area contributed by atoms with Gasteiger partial charge in [0, 0.05) is 6.08 Å². The van der Waals surface area contributed by atoms with Crippen LogP contribution >= 0.6 is 0 Å². The van der Waals surface area contributed by atoms with Crippen molar-refractivity contribution < 1.29 is 14.4 Å². The van der Waals surface area contributed by atoms with Gasteiger partial charge in [-0.25, -0.2) is 4.81 Å². The van der Waals surface area contributed by atoms with Gasteiger partial charge in [0.2, 0.25) is 12.4 Å². The number of hydroxylamine groups is 4. The number of nitrogens with zero attached hydrogens (tertiary/aromatic N) is 1. The van der Waals surface area contributed by atoms with Crippen LogP contribution in [0.4, 0.5) is 0 Å². The number of hydrogen-bond donors (Lipinski definition) is 0. The van der Waals surface area contributed by atoms with E-state index in [1.807, 2.05) is 0 Å². The van der Waals surface area contributed by atoms with Crippen molar-refractivity contribution in [3.05, 3.63) is 30.2 Å². The van der Waals surface area contributed by atoms with Gasteiger partial charge in [0.1, 0.15) is 0 Å². The Morgan fingerprint density at radius 3 is 2.67 bits per heavy atom. The van der Waals surface area contributed by atoms with Crippen molar-refractivity contribution in [3.63, 3.8) is 0 Å². The summed E-state index contributed by atoms with van der Waals surface area (Å²) in [5.74, 6) is 0.606. The van der Waals surface area contributed by atoms with E-state index < -0.39 is 4.81 Å². The highest BCUT2D eigenvalue weighted by atomic mass is 16.9. The van der Waals surface area contributed by atoms with E-state index in [9.17, 15) is 5.21 Å². The largest absolute Gasteiger partial charge is 0.599 e. The van der Waals surface area contributed by atoms with Crippen LogP contribution in [0.1, 0.15) is 0 Å². The van der Waals surface area contributed by atoms with E-state index in [-0.39, 0.29) is 0 Å². The second-order valence-corrected chi connectivity index (χ2v) is 2.66. The molecule has 0 aromatic heterocycles. The first-order chi connectivity index (χ1) is 5.45. The second-order valence-electron chi connectivity index (χ2n) is 2.66. The van der Waals surface area contributed by atoms with Crippen LogP contribution in [0, 0.1) is 5.21 Å². The molecule has 0 aliphatic rings. The molecular formula is C8H16NO3+. The number of hydrogen-bond acceptors (Lipinski definition) is 2. The lowest BCUT2D eigenvalue weighted by Gasteiger charge is -2.29. The fourth-order valence-electron chi connectivity index (χ4n) is 0.514. The summed E-state index contributed by atoms with van der Waals surface area (Å²) in [5.41, 5.74) is 0. The van der Waals surface area contributed by atoms with Crippen LogP contribution in [0.3, 0.4) is 0 Å². The van der Waals surface area contributed by atoms with Gasteiger partial charge in [-0.05, 0) is 6.58 Å². The van der Waals surface area contributed by atoms with Crippen molar-refractivity contribution in [2.24, 2.45) is 0 Å². The Morgan fingerprint density at radius 1 is 1.67 bits per heavy atom. The zero-order valence-electron chi connectivity index (χ0n) is 7.62. The molecule has 70 valence electrons. The number of rotatable bonds is 6. The van der Waals surface area contributed by atoms with Crippen LogP contribution in [0.5, 0.6) is 0 Å². The van der Waals surface area contributed by atoms with Crippen LogP contribution in [-0.2, 0) is 4.84 Å². The lowest BCUT2D eigenvalue weighted by Crippen LogP contribution is -2.33. The SMILES string of the molecule is C=CC(=C)[OH+]CCO[N+](C)(C)[O-]. The highest BCUT2D eigenvalue weighted by molar-refractivity contribution is 5.00. The zero-order valence-corrected chi connectivity index (χ0v) is 7.62. The van der Waals surface area contributed by atoms with Gasteiger partial charge in [-0.3, -0.25) is 0 Å². The second kappa shape index (κ2) is 4.92. The third kappa shape index (κ3) is 7.27. The molecule has 1 N–H and O–H groups in total. The van der Waals surface area contributed by atoms with Crippen molar-refractivity contribution in [2.45, 2.75) is 0 Å². The Labute approximate surface area is 72.8 Å². The van der Waals surface area contributed by atoms with Crippen molar-refractivity contribution in [1.82, 2.24) is 0 Å². The van der Waals surface area contributed by atoms with E-state index in [1.54, 1.807) is 6.08 Å². The third-order valence-corrected chi connectivity index (χ3v) is 1.04. The molecule has 0 atom stereocenters. The minimum Gasteiger partial charge on any atom is -0.599 e. The van der Waals surface area contributed by atoms with Crippen LogP contribution in [-0.4, -0.2) is 36.9 Å². The molecule has 12 heavy (non-hydrogen) atoms. The summed E-state index contributed by atoms with van der Waals surface area (Å²) >= 11 is 0. The molecule has 4 nitrogen and oxygen atoms in total. The topological polar surface area (TPSA) is 45.1 Å². The maximum absolute atomic E-state index is 10.8. The Kier molecular flexibility index (Phi) is 4.58. The Morgan fingerprint density at radius 2 is 2.25 bits per heavy atom. The predicted octanol–water partition coefficient (Wildman–Crippen LogP) is 0.720. The van der Waals surface area contributed by atoms with Gasteiger partial charge in [-0.1, -0.05) is 6.58 Å². The molecule has 0 fully saturated rings. The molecular weight excluding hydrogens is 158 g/mol. The smallest absolute Gasteiger partial charge is 0.246 e. The van der Waals surface area contributed by atoms with Gasteiger partial charge >= 0.3 is 0 Å². The molecule has 0 rings (SSSR count). The van der Waals surface area contributed by atoms with Crippen molar-refractivity contribution in [3.8, 4) is 0 Å². The van der Waals surface area contributed by atoms with Crippen molar-refractivity contribution in [2.75, 3.05) is 27.3 Å². The van der Waals surface area contributed by atoms with Crippen molar-refractivity contribution >= 4 is 0 Å². The van der Waals surface area contributed by atoms with Gasteiger partial charge in [0.15, 0.2) is 6.61 Å². The average Bonchev–Trinajstić information content (AvgIpc) is 1.96. The number of aliphatic hydroxyl groups is 2. The third-order valence-electron chi connectivity index (χ3n) is 1.04. The zero-order chi connectivity index (χ0) is 9.61. The molecule has 0 radical (unpaired) electrons. The van der Waals surface area contributed by atoms with Crippen LogP contribution < -0.4 is 0 Å². The summed E-state index contributed by atoms with van der Waals surface area (Å²) < 4.78 is 3.96. The summed E-state index contributed by atoms with van der Waals surface area (Å²) in [6.45, 7) is 7.81. The van der Waals surface area contributed by atoms with Crippen LogP contribution in [0.25, 0.3) is 0 Å². The van der Waals surface area contributed by atoms with E-state index in [1.165, 1.54) is 14.1 Å². The molecule has 0 saturated heterocycles. The van der Waals surface area contributed by atoms with Gasteiger partial charge in [-0.15, -0.1) is 0 Å². The fraction of sp³-hybridized carbons (Fsp3) is 0.500. The highest BCUT2D eigenvalue weighted by Gasteiger charge is 2.03. The molecule has 0 bridgehead atoms. The summed E-state index contributed by atoms with van der Waals surface area (Å²) in [6, 6.07) is 0. The van der Waals surface area contributed by atoms with Crippen molar-refractivity contribution in [1.29, 1.82) is 0 Å². The molecule has 0 saturated carbocycles. The maximum Gasteiger partial charge on any atom is 0.246 e. The van der Waals surface area contributed by atoms with Gasteiger partial charge in [0.25, 0.3) is 0 Å². The number of allylic oxidation sites excluding steroid dienone is 1. The summed E-state index contributed by atoms with van der Waals surface area (Å²) in [4.78, 5) is 4.08. The molecule has 0 aliphatic carbocycles. The number of ether oxygens (including phenoxy) is 1. The minimum absolute atomic E-state index is 0.295. The first-order valence-corrected chi connectivity index (χ1v) is 3.64. The van der Waals surface area contributed by atoms with E-state index in [4.69, 9.17) is 4.84 Å². The fourth-order valence-corrected chi connectivity index (χ4v) is 0.514. The van der Waals surface area contributed by atoms with E-state index in [0.717, 1.165) is 0 Å². The van der Waals surface area contributed by atoms with E-state index in [2.05, 4.69) is 17.9 Å². The lowest BCUT2D eigenvalue weighted by molar-refractivity contribution is -1.04. The first kappa shape index (κ1) is 11.2. The van der Waals surface area contributed by atoms with Gasteiger partial charge in [0.05, 0.1) is 14.1 Å². The summed E-state index contributed by atoms with van der Waals surface area (Å²) in [7, 11) is 2.81. The average molecular weight is 174 g/mol. The molecule has 0 spiro atoms. The standard InChI is InChI=1S/C8H15NO3/c1-5-8(2)11-6-7-12-9(3,4)10/h5H,1-2,6-7H2,3-4H3/p+1. The van der Waals surface area contributed by atoms with Gasteiger partial charge < -0.3 is 9.94 Å². The minimum atomic E-state index is -0.754. The van der Waals surface area contributed by atoms with E-state index in [0.29, 0.717) is 19.0 Å². The van der Waals surface area contributed by atoms with Crippen LogP contribution in [0.15, 0.2) is 25.0 Å². The summed E-state index contributed by atoms with van der Waals surface area (Å²) in [5, 5.41) is 10.8. The molecule has 4 heteroatoms. The highest BCUT2D eigenvalue weighted by Crippen LogP contribution is 1.94. The molecule has 0 unspecified atom stereocenters. The molecule has 0 aromatic carbocycles. The predicted molar refractivity (Wildman–Crippen MR) is 47.9 cm³/mol. The normalized spacial score (nSPS) is 10.9. The summed E-state index contributed by atoms with van der Waals surface area (Å²) in [6.07, 6.45) is 1.55. The first-order valence-electron chi connectivity index (χ1n) is 3.64. The maximum atomic E-state index is 10.8. The Hall–Kier alpha value is -0.840. The Balaban J connectivity index is 3.34.